The first kappa shape index (κ1) is 25.0. The van der Waals surface area contributed by atoms with Crippen molar-refractivity contribution in [1.29, 1.82) is 0 Å². The normalized spacial score (nSPS) is 22.8. The Bertz CT molecular complexity index is 1030. The smallest absolute Gasteiger partial charge is 0.324 e. The van der Waals surface area contributed by atoms with Crippen molar-refractivity contribution in [2.75, 3.05) is 24.6 Å². The van der Waals surface area contributed by atoms with Crippen molar-refractivity contribution in [3.05, 3.63) is 35.4 Å². The molecule has 1 aliphatic heterocycles. The monoisotopic (exact) mass is 498 g/mol. The van der Waals surface area contributed by atoms with Gasteiger partial charge in [-0.25, -0.2) is 4.39 Å². The fourth-order valence-corrected chi connectivity index (χ4v) is 5.90. The van der Waals surface area contributed by atoms with Gasteiger partial charge in [0, 0.05) is 31.1 Å². The van der Waals surface area contributed by atoms with Crippen molar-refractivity contribution >= 4 is 11.9 Å². The molecule has 1 N–H and O–H groups in total. The lowest BCUT2D eigenvalue weighted by atomic mass is 9.90. The highest BCUT2D eigenvalue weighted by molar-refractivity contribution is 5.79. The molecule has 2 atom stereocenters. The number of halogens is 1. The minimum atomic E-state index is -0.369. The van der Waals surface area contributed by atoms with Gasteiger partial charge in [-0.3, -0.25) is 4.79 Å². The number of benzene rings is 1. The van der Waals surface area contributed by atoms with Crippen molar-refractivity contribution in [1.82, 2.24) is 15.5 Å². The second-order valence-corrected chi connectivity index (χ2v) is 11.2. The molecule has 3 aliphatic rings. The SMILES string of the molecule is CC(C)c1noc(N2CCC(C3CC3CCOc3ccc(CC(=O)NC4CCCC4)c(F)c3)CC2)n1. The van der Waals surface area contributed by atoms with Crippen LogP contribution in [0.15, 0.2) is 22.7 Å². The van der Waals surface area contributed by atoms with Gasteiger partial charge in [0.15, 0.2) is 5.82 Å². The van der Waals surface area contributed by atoms with Gasteiger partial charge in [-0.05, 0) is 67.9 Å². The summed E-state index contributed by atoms with van der Waals surface area (Å²) in [6.45, 7) is 6.67. The minimum Gasteiger partial charge on any atom is -0.493 e. The van der Waals surface area contributed by atoms with Crippen molar-refractivity contribution in [2.24, 2.45) is 17.8 Å². The van der Waals surface area contributed by atoms with Gasteiger partial charge in [0.25, 0.3) is 0 Å². The Labute approximate surface area is 213 Å². The Hall–Kier alpha value is -2.64. The van der Waals surface area contributed by atoms with Gasteiger partial charge in [-0.15, -0.1) is 0 Å². The fraction of sp³-hybridized carbons (Fsp3) is 0.679. The van der Waals surface area contributed by atoms with Crippen LogP contribution >= 0.6 is 0 Å². The average Bonchev–Trinajstić information content (AvgIpc) is 3.22. The van der Waals surface area contributed by atoms with Crippen molar-refractivity contribution in [3.8, 4) is 5.75 Å². The van der Waals surface area contributed by atoms with Crippen LogP contribution in [0.25, 0.3) is 0 Å². The number of nitrogens with one attached hydrogen (secondary N) is 1. The second-order valence-electron chi connectivity index (χ2n) is 11.2. The van der Waals surface area contributed by atoms with Gasteiger partial charge in [0.2, 0.25) is 5.91 Å². The molecule has 2 aliphatic carbocycles. The van der Waals surface area contributed by atoms with Crippen LogP contribution in [0.1, 0.15) is 82.5 Å². The lowest BCUT2D eigenvalue weighted by Crippen LogP contribution is -2.34. The van der Waals surface area contributed by atoms with Gasteiger partial charge >= 0.3 is 6.01 Å². The molecule has 0 radical (unpaired) electrons. The van der Waals surface area contributed by atoms with Gasteiger partial charge in [0.05, 0.1) is 13.0 Å². The highest BCUT2D eigenvalue weighted by Gasteiger charge is 2.43. The van der Waals surface area contributed by atoms with Crippen LogP contribution in [0.4, 0.5) is 10.4 Å². The average molecular weight is 499 g/mol. The molecular weight excluding hydrogens is 459 g/mol. The number of aromatic nitrogens is 2. The molecule has 3 fully saturated rings. The quantitative estimate of drug-likeness (QED) is 0.482. The Kier molecular flexibility index (Phi) is 7.77. The molecule has 36 heavy (non-hydrogen) atoms. The predicted octanol–water partition coefficient (Wildman–Crippen LogP) is 5.26. The number of piperidine rings is 1. The van der Waals surface area contributed by atoms with Crippen LogP contribution < -0.4 is 15.0 Å². The summed E-state index contributed by atoms with van der Waals surface area (Å²) in [6, 6.07) is 5.79. The van der Waals surface area contributed by atoms with Crippen molar-refractivity contribution in [3.63, 3.8) is 0 Å². The first-order chi connectivity index (χ1) is 17.5. The van der Waals surface area contributed by atoms with Gasteiger partial charge in [-0.2, -0.15) is 4.98 Å². The first-order valence-electron chi connectivity index (χ1n) is 13.8. The van der Waals surface area contributed by atoms with Crippen LogP contribution in [0.3, 0.4) is 0 Å². The highest BCUT2D eigenvalue weighted by Crippen LogP contribution is 2.50. The lowest BCUT2D eigenvalue weighted by Gasteiger charge is -2.30. The third kappa shape index (κ3) is 6.19. The molecule has 0 spiro atoms. The zero-order chi connectivity index (χ0) is 25.1. The van der Waals surface area contributed by atoms with Crippen LogP contribution in [0.2, 0.25) is 0 Å². The molecule has 0 bridgehead atoms. The summed E-state index contributed by atoms with van der Waals surface area (Å²) in [5.74, 6) is 3.32. The maximum Gasteiger partial charge on any atom is 0.324 e. The van der Waals surface area contributed by atoms with E-state index in [4.69, 9.17) is 9.26 Å². The Morgan fingerprint density at radius 1 is 1.22 bits per heavy atom. The van der Waals surface area contributed by atoms with Crippen LogP contribution in [-0.4, -0.2) is 41.8 Å². The molecule has 7 nitrogen and oxygen atoms in total. The summed E-state index contributed by atoms with van der Waals surface area (Å²) in [4.78, 5) is 19.0. The number of anilines is 1. The van der Waals surface area contributed by atoms with E-state index < -0.39 is 0 Å². The summed E-state index contributed by atoms with van der Waals surface area (Å²) in [5, 5.41) is 7.11. The fourth-order valence-electron chi connectivity index (χ4n) is 5.90. The Balaban J connectivity index is 1.00. The maximum atomic E-state index is 14.5. The van der Waals surface area contributed by atoms with E-state index in [-0.39, 0.29) is 30.1 Å². The molecule has 8 heteroatoms. The molecular formula is C28H39FN4O3. The molecule has 2 unspecified atom stereocenters. The number of hydrogen-bond donors (Lipinski definition) is 1. The highest BCUT2D eigenvalue weighted by atomic mass is 19.1. The zero-order valence-corrected chi connectivity index (χ0v) is 21.5. The summed E-state index contributed by atoms with van der Waals surface area (Å²) in [5.41, 5.74) is 0.424. The second kappa shape index (κ2) is 11.2. The number of hydrogen-bond acceptors (Lipinski definition) is 6. The van der Waals surface area contributed by atoms with E-state index >= 15 is 0 Å². The molecule has 1 amide bonds. The minimum absolute atomic E-state index is 0.0799. The molecule has 1 aromatic heterocycles. The molecule has 5 rings (SSSR count). The van der Waals surface area contributed by atoms with Gasteiger partial charge in [0.1, 0.15) is 11.6 Å². The largest absolute Gasteiger partial charge is 0.493 e. The number of rotatable bonds is 10. The van der Waals surface area contributed by atoms with E-state index in [2.05, 4.69) is 34.2 Å². The summed E-state index contributed by atoms with van der Waals surface area (Å²) in [7, 11) is 0. The molecule has 1 saturated heterocycles. The third-order valence-corrected chi connectivity index (χ3v) is 8.19. The van der Waals surface area contributed by atoms with Crippen LogP contribution in [-0.2, 0) is 11.2 Å². The number of carbonyl (C=O) groups is 1. The number of ether oxygens (including phenoxy) is 1. The third-order valence-electron chi connectivity index (χ3n) is 8.19. The number of nitrogens with zero attached hydrogens (tertiary/aromatic N) is 3. The van der Waals surface area contributed by atoms with Gasteiger partial charge < -0.3 is 19.5 Å². The first-order valence-corrected chi connectivity index (χ1v) is 13.8. The molecule has 2 saturated carbocycles. The molecule has 2 aromatic rings. The van der Waals surface area contributed by atoms with E-state index in [9.17, 15) is 9.18 Å². The standard InChI is InChI=1S/C28H39FN4O3/c1-18(2)27-31-28(36-32-27)33-12-9-19(10-13-33)24-15-20(24)11-14-35-23-8-7-21(25(29)17-23)16-26(34)30-22-5-3-4-6-22/h7-8,17-20,22,24H,3-6,9-16H2,1-2H3,(H,30,34). The number of amides is 1. The zero-order valence-electron chi connectivity index (χ0n) is 21.5. The van der Waals surface area contributed by atoms with E-state index in [1.165, 1.54) is 12.5 Å². The van der Waals surface area contributed by atoms with E-state index in [0.29, 0.717) is 29.9 Å². The topological polar surface area (TPSA) is 80.5 Å². The summed E-state index contributed by atoms with van der Waals surface area (Å²) < 4.78 is 25.9. The van der Waals surface area contributed by atoms with Crippen molar-refractivity contribution < 1.29 is 18.4 Å². The summed E-state index contributed by atoms with van der Waals surface area (Å²) >= 11 is 0. The number of carbonyl (C=O) groups excluding carboxylic acids is 1. The molecule has 2 heterocycles. The van der Waals surface area contributed by atoms with Crippen LogP contribution in [0, 0.1) is 23.6 Å². The lowest BCUT2D eigenvalue weighted by molar-refractivity contribution is -0.121. The van der Waals surface area contributed by atoms with E-state index in [1.807, 2.05) is 0 Å². The van der Waals surface area contributed by atoms with Crippen LogP contribution in [0.5, 0.6) is 5.75 Å². The van der Waals surface area contributed by atoms with Gasteiger partial charge in [-0.1, -0.05) is 37.9 Å². The van der Waals surface area contributed by atoms with E-state index in [1.54, 1.807) is 12.1 Å². The molecule has 196 valence electrons. The molecule has 1 aromatic carbocycles. The maximum absolute atomic E-state index is 14.5. The summed E-state index contributed by atoms with van der Waals surface area (Å²) in [6.07, 6.45) is 9.03. The predicted molar refractivity (Wildman–Crippen MR) is 136 cm³/mol. The Morgan fingerprint density at radius 3 is 2.69 bits per heavy atom. The van der Waals surface area contributed by atoms with Crippen molar-refractivity contribution in [2.45, 2.75) is 83.6 Å². The van der Waals surface area contributed by atoms with E-state index in [0.717, 1.165) is 75.7 Å². The Morgan fingerprint density at radius 2 is 2.00 bits per heavy atom.